The molecular weight excluding hydrogens is 623 g/mol. The van der Waals surface area contributed by atoms with Crippen LogP contribution in [0.4, 0.5) is 22.0 Å². The van der Waals surface area contributed by atoms with E-state index in [9.17, 15) is 18.7 Å². The molecule has 0 radical (unpaired) electrons. The summed E-state index contributed by atoms with van der Waals surface area (Å²) in [6.45, 7) is 3.99. The molecule has 2 aromatic heterocycles. The number of rotatable bonds is 8. The number of carboxylic acid groups (broad SMARTS) is 1. The van der Waals surface area contributed by atoms with Gasteiger partial charge in [0, 0.05) is 29.0 Å². The monoisotopic (exact) mass is 648 g/mol. The minimum atomic E-state index is -1.33. The van der Waals surface area contributed by atoms with E-state index in [0.717, 1.165) is 30.3 Å². The molecule has 1 saturated heterocycles. The van der Waals surface area contributed by atoms with Gasteiger partial charge in [-0.2, -0.15) is 5.26 Å². The van der Waals surface area contributed by atoms with E-state index < -0.39 is 58.7 Å². The summed E-state index contributed by atoms with van der Waals surface area (Å²) in [4.78, 5) is 20.3. The molecule has 1 aliphatic heterocycles. The van der Waals surface area contributed by atoms with E-state index in [1.165, 1.54) is 24.3 Å². The Hall–Kier alpha value is -5.35. The van der Waals surface area contributed by atoms with Crippen molar-refractivity contribution in [3.8, 4) is 23.2 Å². The molecule has 1 N–H and O–H groups in total. The number of imidazole rings is 1. The number of ether oxygens (including phenoxy) is 2. The van der Waals surface area contributed by atoms with Crippen molar-refractivity contribution in [2.45, 2.75) is 32.9 Å². The predicted octanol–water partition coefficient (Wildman–Crippen LogP) is 7.13. The molecule has 13 heteroatoms. The molecule has 3 heterocycles. The minimum Gasteiger partial charge on any atom is -0.478 e. The van der Waals surface area contributed by atoms with E-state index in [1.807, 2.05) is 13.8 Å². The number of nitrogens with zero attached hydrogens (tertiary/aromatic N) is 4. The number of pyridine rings is 1. The van der Waals surface area contributed by atoms with Crippen LogP contribution in [0.3, 0.4) is 0 Å². The normalized spacial score (nSPS) is 15.6. The Morgan fingerprint density at radius 3 is 2.45 bits per heavy atom. The summed E-state index contributed by atoms with van der Waals surface area (Å²) in [6.07, 6.45) is -0.255. The second-order valence-electron chi connectivity index (χ2n) is 11.8. The second-order valence-corrected chi connectivity index (χ2v) is 11.8. The van der Waals surface area contributed by atoms with Crippen molar-refractivity contribution < 1.29 is 41.3 Å². The summed E-state index contributed by atoms with van der Waals surface area (Å²) >= 11 is 0. The van der Waals surface area contributed by atoms with Gasteiger partial charge in [-0.3, -0.25) is 0 Å². The quantitative estimate of drug-likeness (QED) is 0.178. The number of carboxylic acids is 1. The zero-order valence-electron chi connectivity index (χ0n) is 25.0. The van der Waals surface area contributed by atoms with Crippen LogP contribution in [0.15, 0.2) is 54.6 Å². The maximum atomic E-state index is 15.6. The van der Waals surface area contributed by atoms with E-state index in [0.29, 0.717) is 6.61 Å². The Labute approximate surface area is 264 Å². The summed E-state index contributed by atoms with van der Waals surface area (Å²) in [5.74, 6) is -5.49. The number of benzene rings is 3. The van der Waals surface area contributed by atoms with Crippen LogP contribution < -0.4 is 4.74 Å². The summed E-state index contributed by atoms with van der Waals surface area (Å²) in [5.41, 5.74) is -1.59. The molecule has 1 atom stereocenters. The van der Waals surface area contributed by atoms with Gasteiger partial charge < -0.3 is 19.1 Å². The summed E-state index contributed by atoms with van der Waals surface area (Å²) < 4.78 is 87.3. The molecule has 1 fully saturated rings. The molecular formula is C34H25F5N4O4. The highest BCUT2D eigenvalue weighted by atomic mass is 19.1. The highest BCUT2D eigenvalue weighted by Crippen LogP contribution is 2.41. The first-order valence-corrected chi connectivity index (χ1v) is 14.3. The molecule has 0 bridgehead atoms. The second kappa shape index (κ2) is 12.1. The molecule has 8 nitrogen and oxygen atoms in total. The van der Waals surface area contributed by atoms with Gasteiger partial charge in [0.25, 0.3) is 0 Å². The minimum absolute atomic E-state index is 0.00250. The first-order valence-electron chi connectivity index (χ1n) is 14.3. The lowest BCUT2D eigenvalue weighted by molar-refractivity contribution is 0.0696. The predicted molar refractivity (Wildman–Crippen MR) is 158 cm³/mol. The lowest BCUT2D eigenvalue weighted by Gasteiger charge is -2.28. The molecule has 3 aromatic carbocycles. The topological polar surface area (TPSA) is 110 Å². The number of carbonyl (C=O) groups is 1. The molecule has 0 aliphatic carbocycles. The van der Waals surface area contributed by atoms with Crippen LogP contribution in [0, 0.1) is 45.8 Å². The fraction of sp³-hybridized carbons (Fsp3) is 0.235. The fourth-order valence-corrected chi connectivity index (χ4v) is 5.65. The van der Waals surface area contributed by atoms with Crippen LogP contribution >= 0.6 is 0 Å². The lowest BCUT2D eigenvalue weighted by Crippen LogP contribution is -2.27. The van der Waals surface area contributed by atoms with Crippen molar-refractivity contribution in [2.24, 2.45) is 5.41 Å². The van der Waals surface area contributed by atoms with Gasteiger partial charge in [0.2, 0.25) is 5.88 Å². The largest absolute Gasteiger partial charge is 0.478 e. The maximum Gasteiger partial charge on any atom is 0.335 e. The summed E-state index contributed by atoms with van der Waals surface area (Å²) in [7, 11) is 0. The van der Waals surface area contributed by atoms with Gasteiger partial charge >= 0.3 is 5.97 Å². The van der Waals surface area contributed by atoms with Gasteiger partial charge in [0.15, 0.2) is 5.82 Å². The van der Waals surface area contributed by atoms with E-state index in [2.05, 4.69) is 9.97 Å². The van der Waals surface area contributed by atoms with Gasteiger partial charge in [0.05, 0.1) is 41.6 Å². The van der Waals surface area contributed by atoms with Crippen molar-refractivity contribution in [1.29, 1.82) is 5.26 Å². The SMILES string of the molecule is CC1(C)COCC1n1c(Cc2cc(F)c(-c3cccc(OCc4cc(F)c(C#N)cc4F)n3)cc2F)nc2c(F)cc(C(=O)O)cc21. The Bertz CT molecular complexity index is 2110. The van der Waals surface area contributed by atoms with Crippen molar-refractivity contribution in [3.05, 3.63) is 112 Å². The third-order valence-corrected chi connectivity index (χ3v) is 8.15. The average Bonchev–Trinajstić information content (AvgIpc) is 3.56. The first kappa shape index (κ1) is 31.6. The number of hydrogen-bond acceptors (Lipinski definition) is 6. The Balaban J connectivity index is 1.32. The summed E-state index contributed by atoms with van der Waals surface area (Å²) in [6, 6.07) is 11.1. The van der Waals surface area contributed by atoms with Crippen LogP contribution in [-0.2, 0) is 17.8 Å². The van der Waals surface area contributed by atoms with Crippen LogP contribution in [-0.4, -0.2) is 38.8 Å². The first-order chi connectivity index (χ1) is 22.4. The lowest BCUT2D eigenvalue weighted by atomic mass is 9.87. The molecule has 5 aromatic rings. The van der Waals surface area contributed by atoms with Crippen LogP contribution in [0.1, 0.15) is 52.8 Å². The highest BCUT2D eigenvalue weighted by Gasteiger charge is 2.39. The molecule has 240 valence electrons. The van der Waals surface area contributed by atoms with Gasteiger partial charge in [-0.15, -0.1) is 0 Å². The zero-order valence-corrected chi connectivity index (χ0v) is 25.0. The molecule has 0 spiro atoms. The standard InChI is InChI=1S/C34H25F5N4O4/c1-34(2)16-46-15-29(34)43-28-10-18(33(44)45)7-26(39)32(28)42-30(43)11-17-6-25(38)21(12-24(17)37)27-4-3-5-31(41-27)47-14-20-9-22(35)19(13-40)8-23(20)36/h3-10,12,29H,11,14-16H2,1-2H3,(H,44,45). The molecule has 0 saturated carbocycles. The van der Waals surface area contributed by atoms with E-state index in [1.54, 1.807) is 10.6 Å². The van der Waals surface area contributed by atoms with E-state index in [-0.39, 0.29) is 63.7 Å². The molecule has 6 rings (SSSR count). The number of aromatic nitrogens is 3. The van der Waals surface area contributed by atoms with Crippen molar-refractivity contribution in [3.63, 3.8) is 0 Å². The van der Waals surface area contributed by atoms with E-state index >= 15 is 13.2 Å². The Morgan fingerprint density at radius 1 is 1.00 bits per heavy atom. The van der Waals surface area contributed by atoms with Crippen LogP contribution in [0.5, 0.6) is 5.88 Å². The fourth-order valence-electron chi connectivity index (χ4n) is 5.65. The summed E-state index contributed by atoms with van der Waals surface area (Å²) in [5, 5.41) is 18.4. The maximum absolute atomic E-state index is 15.6. The third kappa shape index (κ3) is 5.99. The Morgan fingerprint density at radius 2 is 1.74 bits per heavy atom. The molecule has 47 heavy (non-hydrogen) atoms. The number of nitriles is 1. The number of halogens is 5. The van der Waals surface area contributed by atoms with Gasteiger partial charge in [-0.25, -0.2) is 36.7 Å². The molecule has 1 aliphatic rings. The average molecular weight is 649 g/mol. The number of aromatic carboxylic acids is 1. The molecule has 1 unspecified atom stereocenters. The third-order valence-electron chi connectivity index (χ3n) is 8.15. The zero-order chi connectivity index (χ0) is 33.6. The van der Waals surface area contributed by atoms with E-state index in [4.69, 9.17) is 14.7 Å². The van der Waals surface area contributed by atoms with Gasteiger partial charge in [-0.1, -0.05) is 19.9 Å². The van der Waals surface area contributed by atoms with Crippen molar-refractivity contribution in [1.82, 2.24) is 14.5 Å². The number of hydrogen-bond donors (Lipinski definition) is 1. The highest BCUT2D eigenvalue weighted by molar-refractivity contribution is 5.93. The van der Waals surface area contributed by atoms with Gasteiger partial charge in [0.1, 0.15) is 47.3 Å². The Kier molecular flexibility index (Phi) is 8.15. The van der Waals surface area contributed by atoms with Crippen LogP contribution in [0.2, 0.25) is 0 Å². The number of fused-ring (bicyclic) bond motifs is 1. The van der Waals surface area contributed by atoms with Crippen molar-refractivity contribution >= 4 is 17.0 Å². The van der Waals surface area contributed by atoms with Crippen molar-refractivity contribution in [2.75, 3.05) is 13.2 Å². The smallest absolute Gasteiger partial charge is 0.335 e. The van der Waals surface area contributed by atoms with Crippen LogP contribution in [0.25, 0.3) is 22.3 Å². The van der Waals surface area contributed by atoms with Gasteiger partial charge in [-0.05, 0) is 48.0 Å². The molecule has 0 amide bonds.